The molecule has 2 aliphatic rings. The number of aliphatic carboxylic acids is 1. The molecule has 4 atom stereocenters. The Kier molecular flexibility index (Phi) is 4.29. The van der Waals surface area contributed by atoms with Crippen molar-refractivity contribution in [2.24, 2.45) is 11.8 Å². The lowest BCUT2D eigenvalue weighted by atomic mass is 9.79. The Morgan fingerprint density at radius 3 is 2.52 bits per heavy atom. The molecule has 1 N–H and O–H groups in total. The zero-order chi connectivity index (χ0) is 14.8. The van der Waals surface area contributed by atoms with Crippen LogP contribution in [0, 0.1) is 11.8 Å². The molecule has 1 aromatic carbocycles. The van der Waals surface area contributed by atoms with E-state index in [2.05, 4.69) is 42.2 Å². The summed E-state index contributed by atoms with van der Waals surface area (Å²) in [5.41, 5.74) is 1.42. The number of carboxylic acid groups (broad SMARTS) is 1. The van der Waals surface area contributed by atoms with Crippen LogP contribution in [-0.4, -0.2) is 35.1 Å². The Labute approximate surface area is 127 Å². The van der Waals surface area contributed by atoms with Crippen molar-refractivity contribution in [2.45, 2.75) is 44.6 Å². The molecule has 21 heavy (non-hydrogen) atoms. The molecule has 0 bridgehead atoms. The Bertz CT molecular complexity index is 487. The zero-order valence-electron chi connectivity index (χ0n) is 12.7. The Morgan fingerprint density at radius 1 is 1.14 bits per heavy atom. The fourth-order valence-electron chi connectivity index (χ4n) is 4.23. The maximum Gasteiger partial charge on any atom is 0.308 e. The predicted octanol–water partition coefficient (Wildman–Crippen LogP) is 3.37. The van der Waals surface area contributed by atoms with Crippen molar-refractivity contribution in [3.8, 4) is 0 Å². The summed E-state index contributed by atoms with van der Waals surface area (Å²) in [4.78, 5) is 13.8. The molecule has 0 aromatic heterocycles. The number of carbonyl (C=O) groups is 1. The third-order valence-corrected chi connectivity index (χ3v) is 5.38. The van der Waals surface area contributed by atoms with Crippen LogP contribution in [-0.2, 0) is 4.79 Å². The van der Waals surface area contributed by atoms with Crippen LogP contribution in [0.2, 0.25) is 0 Å². The predicted molar refractivity (Wildman–Crippen MR) is 83.3 cm³/mol. The second-order valence-electron chi connectivity index (χ2n) is 6.74. The summed E-state index contributed by atoms with van der Waals surface area (Å²) in [6.45, 7) is 3.74. The van der Waals surface area contributed by atoms with Crippen molar-refractivity contribution in [2.75, 3.05) is 13.1 Å². The van der Waals surface area contributed by atoms with Crippen molar-refractivity contribution in [3.05, 3.63) is 35.9 Å². The number of hydrogen-bond acceptors (Lipinski definition) is 2. The van der Waals surface area contributed by atoms with Gasteiger partial charge in [-0.3, -0.25) is 9.69 Å². The van der Waals surface area contributed by atoms with Crippen LogP contribution >= 0.6 is 0 Å². The SMILES string of the molecule is CC1CN(C2CCCCC2c2ccccc2)CC1C(=O)O. The van der Waals surface area contributed by atoms with Crippen LogP contribution in [0.25, 0.3) is 0 Å². The highest BCUT2D eigenvalue weighted by Crippen LogP contribution is 2.39. The van der Waals surface area contributed by atoms with Crippen LogP contribution in [0.3, 0.4) is 0 Å². The highest BCUT2D eigenvalue weighted by atomic mass is 16.4. The van der Waals surface area contributed by atoms with Crippen molar-refractivity contribution >= 4 is 5.97 Å². The van der Waals surface area contributed by atoms with Gasteiger partial charge < -0.3 is 5.11 Å². The van der Waals surface area contributed by atoms with Gasteiger partial charge in [-0.1, -0.05) is 50.1 Å². The minimum Gasteiger partial charge on any atom is -0.481 e. The molecule has 0 amide bonds. The molecule has 3 nitrogen and oxygen atoms in total. The van der Waals surface area contributed by atoms with E-state index in [1.165, 1.54) is 31.2 Å². The lowest BCUT2D eigenvalue weighted by molar-refractivity contribution is -0.142. The summed E-state index contributed by atoms with van der Waals surface area (Å²) in [5.74, 6) is 0.0148. The smallest absolute Gasteiger partial charge is 0.308 e. The molecule has 1 aliphatic heterocycles. The summed E-state index contributed by atoms with van der Waals surface area (Å²) in [6.07, 6.45) is 5.01. The first-order valence-electron chi connectivity index (χ1n) is 8.18. The number of rotatable bonds is 3. The van der Waals surface area contributed by atoms with Crippen molar-refractivity contribution in [3.63, 3.8) is 0 Å². The van der Waals surface area contributed by atoms with Crippen LogP contribution in [0.1, 0.15) is 44.1 Å². The quantitative estimate of drug-likeness (QED) is 0.926. The second kappa shape index (κ2) is 6.18. The molecule has 0 radical (unpaired) electrons. The van der Waals surface area contributed by atoms with Gasteiger partial charge in [0, 0.05) is 19.1 Å². The summed E-state index contributed by atoms with van der Waals surface area (Å²) in [6, 6.07) is 11.3. The number of benzene rings is 1. The third-order valence-electron chi connectivity index (χ3n) is 5.38. The van der Waals surface area contributed by atoms with Crippen LogP contribution < -0.4 is 0 Å². The highest BCUT2D eigenvalue weighted by Gasteiger charge is 2.40. The summed E-state index contributed by atoms with van der Waals surface area (Å²) >= 11 is 0. The first kappa shape index (κ1) is 14.6. The van der Waals surface area contributed by atoms with E-state index in [0.717, 1.165) is 13.1 Å². The maximum atomic E-state index is 11.4. The topological polar surface area (TPSA) is 40.5 Å². The number of nitrogens with zero attached hydrogens (tertiary/aromatic N) is 1. The molecule has 3 heteroatoms. The number of likely N-dealkylation sites (tertiary alicyclic amines) is 1. The maximum absolute atomic E-state index is 11.4. The summed E-state index contributed by atoms with van der Waals surface area (Å²) in [5, 5.41) is 9.36. The Hall–Kier alpha value is -1.35. The van der Waals surface area contributed by atoms with Crippen LogP contribution in [0.5, 0.6) is 0 Å². The zero-order valence-corrected chi connectivity index (χ0v) is 12.7. The van der Waals surface area contributed by atoms with Crippen molar-refractivity contribution in [1.29, 1.82) is 0 Å². The van der Waals surface area contributed by atoms with E-state index >= 15 is 0 Å². The highest BCUT2D eigenvalue weighted by molar-refractivity contribution is 5.71. The first-order valence-corrected chi connectivity index (χ1v) is 8.18. The molecule has 1 aromatic rings. The van der Waals surface area contributed by atoms with Gasteiger partial charge in [-0.15, -0.1) is 0 Å². The van der Waals surface area contributed by atoms with Gasteiger partial charge in [-0.25, -0.2) is 0 Å². The minimum atomic E-state index is -0.628. The first-order chi connectivity index (χ1) is 10.2. The van der Waals surface area contributed by atoms with Gasteiger partial charge in [0.2, 0.25) is 0 Å². The van der Waals surface area contributed by atoms with E-state index in [0.29, 0.717) is 12.0 Å². The van der Waals surface area contributed by atoms with Gasteiger partial charge in [0.15, 0.2) is 0 Å². The number of hydrogen-bond donors (Lipinski definition) is 1. The fraction of sp³-hybridized carbons (Fsp3) is 0.611. The Morgan fingerprint density at radius 2 is 1.86 bits per heavy atom. The fourth-order valence-corrected chi connectivity index (χ4v) is 4.23. The average Bonchev–Trinajstić information content (AvgIpc) is 2.90. The van der Waals surface area contributed by atoms with E-state index in [9.17, 15) is 9.90 Å². The van der Waals surface area contributed by atoms with Gasteiger partial charge in [-0.2, -0.15) is 0 Å². The van der Waals surface area contributed by atoms with E-state index in [-0.39, 0.29) is 11.8 Å². The van der Waals surface area contributed by atoms with E-state index in [1.807, 2.05) is 0 Å². The standard InChI is InChI=1S/C18H25NO2/c1-13-11-19(12-16(13)18(20)21)17-10-6-5-9-15(17)14-7-3-2-4-8-14/h2-4,7-8,13,15-17H,5-6,9-12H2,1H3,(H,20,21). The van der Waals surface area contributed by atoms with E-state index in [1.54, 1.807) is 0 Å². The third kappa shape index (κ3) is 2.98. The molecule has 114 valence electrons. The lowest BCUT2D eigenvalue weighted by Crippen LogP contribution is -2.40. The molecule has 3 rings (SSSR count). The molecule has 1 saturated heterocycles. The summed E-state index contributed by atoms with van der Waals surface area (Å²) < 4.78 is 0. The van der Waals surface area contributed by atoms with Gasteiger partial charge in [0.1, 0.15) is 0 Å². The molecule has 0 spiro atoms. The molecule has 1 saturated carbocycles. The van der Waals surface area contributed by atoms with Gasteiger partial charge in [0.05, 0.1) is 5.92 Å². The minimum absolute atomic E-state index is 0.191. The second-order valence-corrected chi connectivity index (χ2v) is 6.74. The van der Waals surface area contributed by atoms with Gasteiger partial charge in [-0.05, 0) is 30.2 Å². The van der Waals surface area contributed by atoms with Gasteiger partial charge >= 0.3 is 5.97 Å². The average molecular weight is 287 g/mol. The normalized spacial score (nSPS) is 34.0. The molecule has 2 fully saturated rings. The van der Waals surface area contributed by atoms with Crippen LogP contribution in [0.15, 0.2) is 30.3 Å². The number of carboxylic acids is 1. The molecule has 1 heterocycles. The van der Waals surface area contributed by atoms with E-state index in [4.69, 9.17) is 0 Å². The molecular weight excluding hydrogens is 262 g/mol. The largest absolute Gasteiger partial charge is 0.481 e. The van der Waals surface area contributed by atoms with Crippen molar-refractivity contribution < 1.29 is 9.90 Å². The Balaban J connectivity index is 1.78. The van der Waals surface area contributed by atoms with Crippen LogP contribution in [0.4, 0.5) is 0 Å². The molecule has 1 aliphatic carbocycles. The molecular formula is C18H25NO2. The lowest BCUT2D eigenvalue weighted by Gasteiger charge is -2.38. The summed E-state index contributed by atoms with van der Waals surface area (Å²) in [7, 11) is 0. The molecule has 4 unspecified atom stereocenters. The van der Waals surface area contributed by atoms with Crippen molar-refractivity contribution in [1.82, 2.24) is 4.90 Å². The monoisotopic (exact) mass is 287 g/mol. The van der Waals surface area contributed by atoms with Gasteiger partial charge in [0.25, 0.3) is 0 Å². The van der Waals surface area contributed by atoms with E-state index < -0.39 is 5.97 Å².